The van der Waals surface area contributed by atoms with Gasteiger partial charge in [-0.3, -0.25) is 4.98 Å². The van der Waals surface area contributed by atoms with E-state index in [1.54, 1.807) is 18.2 Å². The Morgan fingerprint density at radius 2 is 1.88 bits per heavy atom. The van der Waals surface area contributed by atoms with Crippen molar-refractivity contribution in [3.05, 3.63) is 64.1 Å². The molecule has 4 rings (SSSR count). The minimum Gasteiger partial charge on any atom is -0.493 e. The van der Waals surface area contributed by atoms with E-state index in [-0.39, 0.29) is 11.6 Å². The Hall–Kier alpha value is -3.15. The monoisotopic (exact) mass is 451 g/mol. The first-order valence-electron chi connectivity index (χ1n) is 12.0. The number of aromatic hydroxyl groups is 1. The summed E-state index contributed by atoms with van der Waals surface area (Å²) in [5.74, 6) is 1.45. The fourth-order valence-electron chi connectivity index (χ4n) is 4.57. The molecule has 0 aliphatic heterocycles. The Balaban J connectivity index is 1.29. The van der Waals surface area contributed by atoms with E-state index in [9.17, 15) is 9.90 Å². The molecule has 33 heavy (non-hydrogen) atoms. The molecule has 0 spiro atoms. The SMILES string of the molecule is CCCc1cc(C2CCCCC2)ccc1OCCCOc1cccc(-c2oc(=O)[nH]c2O)c1. The standard InChI is InChI=1S/C27H33NO5/c1-2-8-21-17-20(19-9-4-3-5-10-19)13-14-24(21)32-16-7-15-31-23-12-6-11-22(18-23)25-26(29)28-27(30)33-25/h6,11-14,17-19,29H,2-5,7-10,15-16H2,1H3,(H,28,30). The van der Waals surface area contributed by atoms with Crippen molar-refractivity contribution in [2.24, 2.45) is 0 Å². The van der Waals surface area contributed by atoms with Gasteiger partial charge in [-0.05, 0) is 54.5 Å². The van der Waals surface area contributed by atoms with Gasteiger partial charge in [0.15, 0.2) is 5.76 Å². The number of aromatic nitrogens is 1. The van der Waals surface area contributed by atoms with Gasteiger partial charge in [-0.25, -0.2) is 4.79 Å². The molecule has 2 aromatic carbocycles. The maximum Gasteiger partial charge on any atom is 0.419 e. The summed E-state index contributed by atoms with van der Waals surface area (Å²) < 4.78 is 16.9. The van der Waals surface area contributed by atoms with Crippen LogP contribution < -0.4 is 15.2 Å². The normalized spacial score (nSPS) is 14.3. The van der Waals surface area contributed by atoms with Crippen LogP contribution in [-0.4, -0.2) is 23.3 Å². The van der Waals surface area contributed by atoms with Crippen LogP contribution in [0, 0.1) is 0 Å². The Kier molecular flexibility index (Phi) is 7.76. The fourth-order valence-corrected chi connectivity index (χ4v) is 4.57. The molecule has 1 saturated carbocycles. The first-order valence-corrected chi connectivity index (χ1v) is 12.0. The molecule has 0 amide bonds. The van der Waals surface area contributed by atoms with Crippen molar-refractivity contribution in [1.29, 1.82) is 0 Å². The Morgan fingerprint density at radius 1 is 1.06 bits per heavy atom. The highest BCUT2D eigenvalue weighted by Crippen LogP contribution is 2.35. The topological polar surface area (TPSA) is 84.7 Å². The highest BCUT2D eigenvalue weighted by Gasteiger charge is 2.17. The van der Waals surface area contributed by atoms with Gasteiger partial charge < -0.3 is 19.0 Å². The molecule has 176 valence electrons. The number of hydrogen-bond acceptors (Lipinski definition) is 5. The van der Waals surface area contributed by atoms with Gasteiger partial charge in [0.1, 0.15) is 11.5 Å². The second kappa shape index (κ2) is 11.1. The van der Waals surface area contributed by atoms with E-state index in [0.29, 0.717) is 30.4 Å². The van der Waals surface area contributed by atoms with Gasteiger partial charge >= 0.3 is 5.76 Å². The summed E-state index contributed by atoms with van der Waals surface area (Å²) in [7, 11) is 0. The number of ether oxygens (including phenoxy) is 2. The molecular formula is C27H33NO5. The predicted octanol–water partition coefficient (Wildman–Crippen LogP) is 6.19. The molecule has 1 aliphatic rings. The molecule has 1 heterocycles. The number of rotatable bonds is 10. The predicted molar refractivity (Wildman–Crippen MR) is 128 cm³/mol. The zero-order valence-corrected chi connectivity index (χ0v) is 19.3. The van der Waals surface area contributed by atoms with Crippen molar-refractivity contribution >= 4 is 0 Å². The van der Waals surface area contributed by atoms with Crippen molar-refractivity contribution in [3.8, 4) is 28.7 Å². The largest absolute Gasteiger partial charge is 0.493 e. The van der Waals surface area contributed by atoms with E-state index in [0.717, 1.165) is 25.0 Å². The molecule has 6 heteroatoms. The zero-order chi connectivity index (χ0) is 23.0. The van der Waals surface area contributed by atoms with Crippen molar-refractivity contribution in [2.45, 2.75) is 64.2 Å². The van der Waals surface area contributed by atoms with Gasteiger partial charge in [0, 0.05) is 12.0 Å². The number of hydrogen-bond donors (Lipinski definition) is 2. The molecule has 0 saturated heterocycles. The molecule has 2 N–H and O–H groups in total. The number of aromatic amines is 1. The van der Waals surface area contributed by atoms with E-state index in [1.807, 2.05) is 6.07 Å². The van der Waals surface area contributed by atoms with Gasteiger partial charge in [0.05, 0.1) is 13.2 Å². The lowest BCUT2D eigenvalue weighted by atomic mass is 9.83. The van der Waals surface area contributed by atoms with E-state index in [4.69, 9.17) is 13.9 Å². The number of nitrogens with one attached hydrogen (secondary N) is 1. The maximum absolute atomic E-state index is 11.3. The minimum absolute atomic E-state index is 0.105. The first kappa shape index (κ1) is 23.0. The maximum atomic E-state index is 11.3. The molecule has 1 aliphatic carbocycles. The summed E-state index contributed by atoms with van der Waals surface area (Å²) in [5, 5.41) is 9.77. The van der Waals surface area contributed by atoms with Gasteiger partial charge in [0.25, 0.3) is 0 Å². The number of H-pyrrole nitrogens is 1. The van der Waals surface area contributed by atoms with E-state index < -0.39 is 5.76 Å². The summed E-state index contributed by atoms with van der Waals surface area (Å²) >= 11 is 0. The van der Waals surface area contributed by atoms with Crippen LogP contribution in [0.25, 0.3) is 11.3 Å². The fraction of sp³-hybridized carbons (Fsp3) is 0.444. The Morgan fingerprint density at radius 3 is 2.64 bits per heavy atom. The van der Waals surface area contributed by atoms with Gasteiger partial charge in [0.2, 0.25) is 5.88 Å². The second-order valence-electron chi connectivity index (χ2n) is 8.72. The zero-order valence-electron chi connectivity index (χ0n) is 19.3. The third kappa shape index (κ3) is 6.01. The van der Waals surface area contributed by atoms with Gasteiger partial charge in [-0.1, -0.05) is 56.9 Å². The summed E-state index contributed by atoms with van der Waals surface area (Å²) in [5.41, 5.74) is 3.35. The third-order valence-corrected chi connectivity index (χ3v) is 6.22. The van der Waals surface area contributed by atoms with Crippen LogP contribution in [0.3, 0.4) is 0 Å². The molecule has 0 radical (unpaired) electrons. The third-order valence-electron chi connectivity index (χ3n) is 6.22. The van der Waals surface area contributed by atoms with Crippen LogP contribution >= 0.6 is 0 Å². The molecule has 1 aromatic heterocycles. The smallest absolute Gasteiger partial charge is 0.419 e. The summed E-state index contributed by atoms with van der Waals surface area (Å²) in [6, 6.07) is 13.9. The van der Waals surface area contributed by atoms with Gasteiger partial charge in [-0.15, -0.1) is 0 Å². The second-order valence-corrected chi connectivity index (χ2v) is 8.72. The number of oxazole rings is 1. The molecule has 1 fully saturated rings. The molecular weight excluding hydrogens is 418 g/mol. The molecule has 3 aromatic rings. The van der Waals surface area contributed by atoms with Gasteiger partial charge in [-0.2, -0.15) is 0 Å². The summed E-state index contributed by atoms with van der Waals surface area (Å²) in [6.45, 7) is 3.28. The first-order chi connectivity index (χ1) is 16.1. The molecule has 0 atom stereocenters. The summed E-state index contributed by atoms with van der Waals surface area (Å²) in [4.78, 5) is 13.5. The Bertz CT molecular complexity index is 1090. The van der Waals surface area contributed by atoms with Crippen molar-refractivity contribution in [3.63, 3.8) is 0 Å². The average molecular weight is 452 g/mol. The van der Waals surface area contributed by atoms with Crippen LogP contribution in [0.5, 0.6) is 17.4 Å². The van der Waals surface area contributed by atoms with Crippen molar-refractivity contribution in [2.75, 3.05) is 13.2 Å². The highest BCUT2D eigenvalue weighted by atomic mass is 16.5. The van der Waals surface area contributed by atoms with Crippen molar-refractivity contribution < 1.29 is 19.0 Å². The molecule has 0 unspecified atom stereocenters. The lowest BCUT2D eigenvalue weighted by molar-refractivity contribution is 0.246. The van der Waals surface area contributed by atoms with Crippen LogP contribution in [0.4, 0.5) is 0 Å². The number of benzene rings is 2. The van der Waals surface area contributed by atoms with Crippen LogP contribution in [0.15, 0.2) is 51.7 Å². The van der Waals surface area contributed by atoms with Crippen molar-refractivity contribution in [1.82, 2.24) is 4.98 Å². The van der Waals surface area contributed by atoms with E-state index >= 15 is 0 Å². The Labute approximate surface area is 194 Å². The van der Waals surface area contributed by atoms with E-state index in [2.05, 4.69) is 30.1 Å². The lowest BCUT2D eigenvalue weighted by Gasteiger charge is -2.23. The lowest BCUT2D eigenvalue weighted by Crippen LogP contribution is -2.08. The van der Waals surface area contributed by atoms with Crippen LogP contribution in [0.2, 0.25) is 0 Å². The minimum atomic E-state index is -0.694. The van der Waals surface area contributed by atoms with Crippen LogP contribution in [0.1, 0.15) is 68.9 Å². The van der Waals surface area contributed by atoms with Crippen LogP contribution in [-0.2, 0) is 6.42 Å². The summed E-state index contributed by atoms with van der Waals surface area (Å²) in [6.07, 6.45) is 9.54. The average Bonchev–Trinajstić information content (AvgIpc) is 3.18. The van der Waals surface area contributed by atoms with E-state index in [1.165, 1.54) is 43.2 Å². The quantitative estimate of drug-likeness (QED) is 0.359. The molecule has 6 nitrogen and oxygen atoms in total. The number of aryl methyl sites for hydroxylation is 1. The highest BCUT2D eigenvalue weighted by molar-refractivity contribution is 5.63. The molecule has 0 bridgehead atoms.